The molecule has 5 nitrogen and oxygen atoms in total. The fourth-order valence-corrected chi connectivity index (χ4v) is 3.39. The molecule has 2 aliphatic carbocycles. The van der Waals surface area contributed by atoms with Crippen molar-refractivity contribution in [1.82, 2.24) is 5.32 Å². The molecule has 0 bridgehead atoms. The molecular formula is C18H23NO4. The van der Waals surface area contributed by atoms with Gasteiger partial charge in [0.2, 0.25) is 0 Å². The van der Waals surface area contributed by atoms with E-state index >= 15 is 0 Å². The van der Waals surface area contributed by atoms with E-state index in [1.54, 1.807) is 12.1 Å². The molecule has 0 saturated heterocycles. The van der Waals surface area contributed by atoms with Gasteiger partial charge >= 0.3 is 5.97 Å². The largest absolute Gasteiger partial charge is 0.481 e. The molecule has 0 atom stereocenters. The third-order valence-electron chi connectivity index (χ3n) is 5.00. The van der Waals surface area contributed by atoms with Crippen LogP contribution in [0, 0.1) is 25.2 Å². The summed E-state index contributed by atoms with van der Waals surface area (Å²) < 4.78 is 5.30. The summed E-state index contributed by atoms with van der Waals surface area (Å²) in [7, 11) is 0. The lowest BCUT2D eigenvalue weighted by Crippen LogP contribution is -2.31. The number of nitrogens with one attached hydrogen (secondary N) is 1. The molecular weight excluding hydrogens is 294 g/mol. The van der Waals surface area contributed by atoms with Crippen LogP contribution in [0.5, 0.6) is 5.75 Å². The van der Waals surface area contributed by atoms with Gasteiger partial charge in [-0.05, 0) is 74.1 Å². The lowest BCUT2D eigenvalue weighted by atomic mass is 10.00. The fourth-order valence-electron chi connectivity index (χ4n) is 3.39. The quantitative estimate of drug-likeness (QED) is 0.811. The summed E-state index contributed by atoms with van der Waals surface area (Å²) in [5, 5.41) is 11.8. The van der Waals surface area contributed by atoms with Crippen molar-refractivity contribution >= 4 is 11.9 Å². The summed E-state index contributed by atoms with van der Waals surface area (Å²) in [5.41, 5.74) is 2.54. The van der Waals surface area contributed by atoms with E-state index in [0.717, 1.165) is 23.6 Å². The number of aliphatic carboxylic acids is 1. The number of amides is 1. The second-order valence-electron chi connectivity index (χ2n) is 6.94. The van der Waals surface area contributed by atoms with Crippen LogP contribution in [0.3, 0.4) is 0 Å². The molecule has 0 aliphatic heterocycles. The first-order valence-corrected chi connectivity index (χ1v) is 8.15. The van der Waals surface area contributed by atoms with E-state index in [2.05, 4.69) is 5.32 Å². The molecule has 1 aromatic carbocycles. The van der Waals surface area contributed by atoms with Crippen LogP contribution in [-0.4, -0.2) is 30.1 Å². The summed E-state index contributed by atoms with van der Waals surface area (Å²) in [6, 6.07) is 3.52. The molecule has 5 heteroatoms. The predicted octanol–water partition coefficient (Wildman–Crippen LogP) is 2.69. The maximum absolute atomic E-state index is 12.4. The monoisotopic (exact) mass is 317 g/mol. The SMILES string of the molecule is Cc1cc(C(=O)NCC2(C3CC3)CC2)cc(C)c1OCC(=O)O. The second kappa shape index (κ2) is 5.87. The van der Waals surface area contributed by atoms with Gasteiger partial charge in [0.15, 0.2) is 6.61 Å². The van der Waals surface area contributed by atoms with Crippen LogP contribution in [0.25, 0.3) is 0 Å². The molecule has 0 unspecified atom stereocenters. The zero-order valence-corrected chi connectivity index (χ0v) is 13.6. The van der Waals surface area contributed by atoms with Gasteiger partial charge in [0.1, 0.15) is 5.75 Å². The van der Waals surface area contributed by atoms with Crippen molar-refractivity contribution in [2.24, 2.45) is 11.3 Å². The van der Waals surface area contributed by atoms with Crippen LogP contribution >= 0.6 is 0 Å². The molecule has 1 amide bonds. The van der Waals surface area contributed by atoms with Crippen LogP contribution < -0.4 is 10.1 Å². The molecule has 124 valence electrons. The Hall–Kier alpha value is -2.04. The highest BCUT2D eigenvalue weighted by atomic mass is 16.5. The van der Waals surface area contributed by atoms with Gasteiger partial charge in [-0.1, -0.05) is 0 Å². The smallest absolute Gasteiger partial charge is 0.341 e. The first kappa shape index (κ1) is 15.8. The van der Waals surface area contributed by atoms with Crippen LogP contribution in [0.1, 0.15) is 47.2 Å². The van der Waals surface area contributed by atoms with Gasteiger partial charge in [-0.2, -0.15) is 0 Å². The Morgan fingerprint density at radius 2 is 1.87 bits per heavy atom. The van der Waals surface area contributed by atoms with Crippen molar-refractivity contribution in [3.05, 3.63) is 28.8 Å². The normalized spacial score (nSPS) is 18.3. The molecule has 0 spiro atoms. The van der Waals surface area contributed by atoms with Gasteiger partial charge in [0.05, 0.1) is 0 Å². The number of aryl methyl sites for hydroxylation is 2. The number of carboxylic acid groups (broad SMARTS) is 1. The average molecular weight is 317 g/mol. The summed E-state index contributed by atoms with van der Waals surface area (Å²) in [6.07, 6.45) is 5.09. The number of benzene rings is 1. The zero-order valence-electron chi connectivity index (χ0n) is 13.6. The van der Waals surface area contributed by atoms with Crippen molar-refractivity contribution in [2.45, 2.75) is 39.5 Å². The van der Waals surface area contributed by atoms with Crippen molar-refractivity contribution in [2.75, 3.05) is 13.2 Å². The molecule has 2 saturated carbocycles. The summed E-state index contributed by atoms with van der Waals surface area (Å²) in [4.78, 5) is 23.0. The first-order chi connectivity index (χ1) is 10.9. The third kappa shape index (κ3) is 3.49. The number of hydrogen-bond donors (Lipinski definition) is 2. The third-order valence-corrected chi connectivity index (χ3v) is 5.00. The summed E-state index contributed by atoms with van der Waals surface area (Å²) >= 11 is 0. The van der Waals surface area contributed by atoms with Gasteiger partial charge in [0, 0.05) is 12.1 Å². The Morgan fingerprint density at radius 1 is 1.26 bits per heavy atom. The molecule has 1 aromatic rings. The molecule has 0 radical (unpaired) electrons. The molecule has 23 heavy (non-hydrogen) atoms. The Labute approximate surface area is 136 Å². The number of hydrogen-bond acceptors (Lipinski definition) is 3. The first-order valence-electron chi connectivity index (χ1n) is 8.15. The van der Waals surface area contributed by atoms with Gasteiger partial charge < -0.3 is 15.2 Å². The highest BCUT2D eigenvalue weighted by molar-refractivity contribution is 5.95. The molecule has 2 N–H and O–H groups in total. The minimum atomic E-state index is -1.01. The van der Waals surface area contributed by atoms with Gasteiger partial charge in [-0.3, -0.25) is 4.79 Å². The van der Waals surface area contributed by atoms with Crippen LogP contribution in [0.2, 0.25) is 0 Å². The Kier molecular flexibility index (Phi) is 4.04. The Balaban J connectivity index is 1.65. The molecule has 2 aliphatic rings. The van der Waals surface area contributed by atoms with Crippen molar-refractivity contribution in [3.63, 3.8) is 0 Å². The zero-order chi connectivity index (χ0) is 16.6. The molecule has 0 heterocycles. The topological polar surface area (TPSA) is 75.6 Å². The van der Waals surface area contributed by atoms with Crippen LogP contribution in [0.15, 0.2) is 12.1 Å². The van der Waals surface area contributed by atoms with Crippen molar-refractivity contribution < 1.29 is 19.4 Å². The van der Waals surface area contributed by atoms with Gasteiger partial charge in [-0.15, -0.1) is 0 Å². The number of rotatable bonds is 7. The molecule has 3 rings (SSSR count). The van der Waals surface area contributed by atoms with E-state index in [1.165, 1.54) is 25.7 Å². The summed E-state index contributed by atoms with van der Waals surface area (Å²) in [6.45, 7) is 4.05. The lowest BCUT2D eigenvalue weighted by molar-refractivity contribution is -0.139. The van der Waals surface area contributed by atoms with E-state index in [0.29, 0.717) is 16.7 Å². The van der Waals surface area contributed by atoms with Gasteiger partial charge in [0.25, 0.3) is 5.91 Å². The van der Waals surface area contributed by atoms with E-state index < -0.39 is 5.97 Å². The minimum Gasteiger partial charge on any atom is -0.481 e. The number of carbonyl (C=O) groups is 2. The molecule has 0 aromatic heterocycles. The Morgan fingerprint density at radius 3 is 2.35 bits per heavy atom. The van der Waals surface area contributed by atoms with Crippen molar-refractivity contribution in [3.8, 4) is 5.75 Å². The van der Waals surface area contributed by atoms with E-state index in [-0.39, 0.29) is 12.5 Å². The maximum Gasteiger partial charge on any atom is 0.341 e. The standard InChI is InChI=1S/C18H23NO4/c1-11-7-13(8-12(2)16(11)23-9-15(20)21)17(22)19-10-18(5-6-18)14-3-4-14/h7-8,14H,3-6,9-10H2,1-2H3,(H,19,22)(H,20,21). The van der Waals surface area contributed by atoms with E-state index in [4.69, 9.17) is 9.84 Å². The predicted molar refractivity (Wildman–Crippen MR) is 85.8 cm³/mol. The van der Waals surface area contributed by atoms with E-state index in [1.807, 2.05) is 13.8 Å². The van der Waals surface area contributed by atoms with Crippen LogP contribution in [-0.2, 0) is 4.79 Å². The number of carboxylic acids is 1. The molecule has 2 fully saturated rings. The average Bonchev–Trinajstić information content (AvgIpc) is 3.36. The van der Waals surface area contributed by atoms with Crippen molar-refractivity contribution in [1.29, 1.82) is 0 Å². The Bertz CT molecular complexity index is 621. The number of carbonyl (C=O) groups excluding carboxylic acids is 1. The maximum atomic E-state index is 12.4. The van der Waals surface area contributed by atoms with Crippen LogP contribution in [0.4, 0.5) is 0 Å². The van der Waals surface area contributed by atoms with E-state index in [9.17, 15) is 9.59 Å². The summed E-state index contributed by atoms with van der Waals surface area (Å²) in [5.74, 6) is 0.284. The highest BCUT2D eigenvalue weighted by Crippen LogP contribution is 2.60. The second-order valence-corrected chi connectivity index (χ2v) is 6.94. The fraction of sp³-hybridized carbons (Fsp3) is 0.556. The minimum absolute atomic E-state index is 0.0621. The van der Waals surface area contributed by atoms with Gasteiger partial charge in [-0.25, -0.2) is 4.79 Å². The number of ether oxygens (including phenoxy) is 1. The lowest BCUT2D eigenvalue weighted by Gasteiger charge is -2.16. The highest BCUT2D eigenvalue weighted by Gasteiger charge is 2.53.